The standard InChI is InChI=1S/C30H30F4O2/c1-3-5-25-15-14-24(19-36-25)22-8-6-20(7-9-22)21-10-12-23(13-11-21)26-16-17-27(35-18-4-2)28(29(26)31)30(32,33)34/h4,6-13,16-17,24-25H,2-3,5,14-15,18-19H2,1H3. The van der Waals surface area contributed by atoms with Gasteiger partial charge in [-0.1, -0.05) is 74.5 Å². The predicted molar refractivity (Wildman–Crippen MR) is 135 cm³/mol. The molecule has 4 rings (SSSR count). The summed E-state index contributed by atoms with van der Waals surface area (Å²) in [5.41, 5.74) is 1.94. The average molecular weight is 499 g/mol. The van der Waals surface area contributed by atoms with Crippen LogP contribution in [0.4, 0.5) is 17.6 Å². The summed E-state index contributed by atoms with van der Waals surface area (Å²) in [6.45, 7) is 6.18. The van der Waals surface area contributed by atoms with Crippen LogP contribution in [0.5, 0.6) is 5.75 Å². The molecule has 1 fully saturated rings. The summed E-state index contributed by atoms with van der Waals surface area (Å²) < 4.78 is 66.8. The van der Waals surface area contributed by atoms with Crippen molar-refractivity contribution in [1.29, 1.82) is 0 Å². The van der Waals surface area contributed by atoms with E-state index in [-0.39, 0.29) is 12.2 Å². The molecule has 3 aromatic carbocycles. The molecule has 2 atom stereocenters. The van der Waals surface area contributed by atoms with Gasteiger partial charge in [0.25, 0.3) is 0 Å². The molecule has 3 aromatic rings. The Labute approximate surface area is 209 Å². The maximum atomic E-state index is 15.0. The summed E-state index contributed by atoms with van der Waals surface area (Å²) >= 11 is 0. The first-order valence-corrected chi connectivity index (χ1v) is 12.3. The lowest BCUT2D eigenvalue weighted by Crippen LogP contribution is -2.24. The van der Waals surface area contributed by atoms with E-state index < -0.39 is 23.3 Å². The van der Waals surface area contributed by atoms with E-state index >= 15 is 4.39 Å². The molecule has 1 aliphatic heterocycles. The molecule has 0 amide bonds. The molecule has 0 saturated carbocycles. The highest BCUT2D eigenvalue weighted by molar-refractivity contribution is 5.72. The molecule has 1 aliphatic rings. The van der Waals surface area contributed by atoms with Crippen molar-refractivity contribution in [2.75, 3.05) is 13.2 Å². The van der Waals surface area contributed by atoms with E-state index in [0.29, 0.717) is 17.6 Å². The molecule has 190 valence electrons. The average Bonchev–Trinajstić information content (AvgIpc) is 2.88. The summed E-state index contributed by atoms with van der Waals surface area (Å²) in [5, 5.41) is 0. The third-order valence-electron chi connectivity index (χ3n) is 6.64. The van der Waals surface area contributed by atoms with Crippen molar-refractivity contribution in [3.8, 4) is 28.0 Å². The molecule has 2 nitrogen and oxygen atoms in total. The van der Waals surface area contributed by atoms with Gasteiger partial charge in [0.2, 0.25) is 0 Å². The van der Waals surface area contributed by atoms with Gasteiger partial charge in [-0.2, -0.15) is 13.2 Å². The van der Waals surface area contributed by atoms with Gasteiger partial charge in [-0.15, -0.1) is 0 Å². The molecule has 0 radical (unpaired) electrons. The molecular weight excluding hydrogens is 468 g/mol. The van der Waals surface area contributed by atoms with Crippen LogP contribution in [0.2, 0.25) is 0 Å². The van der Waals surface area contributed by atoms with Crippen LogP contribution in [0.3, 0.4) is 0 Å². The van der Waals surface area contributed by atoms with E-state index in [2.05, 4.69) is 25.6 Å². The maximum absolute atomic E-state index is 15.0. The number of hydrogen-bond acceptors (Lipinski definition) is 2. The third kappa shape index (κ3) is 5.81. The van der Waals surface area contributed by atoms with Gasteiger partial charge < -0.3 is 9.47 Å². The van der Waals surface area contributed by atoms with E-state index in [1.54, 1.807) is 24.3 Å². The maximum Gasteiger partial charge on any atom is 0.422 e. The van der Waals surface area contributed by atoms with Gasteiger partial charge in [-0.25, -0.2) is 4.39 Å². The number of rotatable bonds is 8. The van der Waals surface area contributed by atoms with E-state index in [4.69, 9.17) is 9.47 Å². The van der Waals surface area contributed by atoms with Crippen LogP contribution < -0.4 is 4.74 Å². The molecule has 36 heavy (non-hydrogen) atoms. The topological polar surface area (TPSA) is 18.5 Å². The fourth-order valence-electron chi connectivity index (χ4n) is 4.72. The van der Waals surface area contributed by atoms with E-state index in [9.17, 15) is 13.2 Å². The summed E-state index contributed by atoms with van der Waals surface area (Å²) in [6.07, 6.45) is 1.22. The fraction of sp³-hybridized carbons (Fsp3) is 0.333. The normalized spacial score (nSPS) is 18.1. The largest absolute Gasteiger partial charge is 0.489 e. The van der Waals surface area contributed by atoms with E-state index in [1.165, 1.54) is 17.7 Å². The smallest absolute Gasteiger partial charge is 0.422 e. The fourth-order valence-corrected chi connectivity index (χ4v) is 4.72. The molecule has 0 bridgehead atoms. The minimum atomic E-state index is -4.89. The van der Waals surface area contributed by atoms with Crippen LogP contribution in [0.1, 0.15) is 49.7 Å². The van der Waals surface area contributed by atoms with Crippen LogP contribution in [0.15, 0.2) is 73.3 Å². The highest BCUT2D eigenvalue weighted by Crippen LogP contribution is 2.42. The lowest BCUT2D eigenvalue weighted by Gasteiger charge is -2.29. The Morgan fingerprint density at radius 2 is 1.58 bits per heavy atom. The van der Waals surface area contributed by atoms with Crippen molar-refractivity contribution in [2.45, 2.75) is 50.8 Å². The number of halogens is 4. The molecule has 0 spiro atoms. The predicted octanol–water partition coefficient (Wildman–Crippen LogP) is 8.81. The van der Waals surface area contributed by atoms with Crippen molar-refractivity contribution in [3.63, 3.8) is 0 Å². The number of benzene rings is 3. The van der Waals surface area contributed by atoms with Gasteiger partial charge in [-0.05, 0) is 53.6 Å². The Bertz CT molecular complexity index is 1160. The number of hydrogen-bond donors (Lipinski definition) is 0. The van der Waals surface area contributed by atoms with Crippen LogP contribution in [0.25, 0.3) is 22.3 Å². The first kappa shape index (κ1) is 26.0. The van der Waals surface area contributed by atoms with E-state index in [0.717, 1.165) is 49.5 Å². The van der Waals surface area contributed by atoms with Gasteiger partial charge >= 0.3 is 6.18 Å². The van der Waals surface area contributed by atoms with Crippen LogP contribution in [-0.2, 0) is 10.9 Å². The van der Waals surface area contributed by atoms with Crippen LogP contribution >= 0.6 is 0 Å². The Kier molecular flexibility index (Phi) is 8.14. The minimum Gasteiger partial charge on any atom is -0.489 e. The lowest BCUT2D eigenvalue weighted by molar-refractivity contribution is -0.141. The zero-order valence-corrected chi connectivity index (χ0v) is 20.3. The van der Waals surface area contributed by atoms with Crippen molar-refractivity contribution < 1.29 is 27.0 Å². The van der Waals surface area contributed by atoms with Crippen molar-refractivity contribution in [2.24, 2.45) is 0 Å². The summed E-state index contributed by atoms with van der Waals surface area (Å²) in [6, 6.07) is 17.6. The zero-order valence-electron chi connectivity index (χ0n) is 20.3. The Morgan fingerprint density at radius 3 is 2.14 bits per heavy atom. The van der Waals surface area contributed by atoms with Crippen molar-refractivity contribution in [1.82, 2.24) is 0 Å². The quantitative estimate of drug-likeness (QED) is 0.228. The molecule has 1 saturated heterocycles. The summed E-state index contributed by atoms with van der Waals surface area (Å²) in [4.78, 5) is 0. The number of ether oxygens (including phenoxy) is 2. The van der Waals surface area contributed by atoms with Gasteiger partial charge in [0.05, 0.1) is 12.7 Å². The Hall–Kier alpha value is -3.12. The van der Waals surface area contributed by atoms with Gasteiger partial charge in [0.15, 0.2) is 0 Å². The molecule has 1 heterocycles. The van der Waals surface area contributed by atoms with Gasteiger partial charge in [-0.3, -0.25) is 0 Å². The first-order valence-electron chi connectivity index (χ1n) is 12.3. The molecular formula is C30H30F4O2. The molecule has 0 N–H and O–H groups in total. The SMILES string of the molecule is C=CCOc1ccc(-c2ccc(-c3ccc(C4CCC(CCC)OC4)cc3)cc2)c(F)c1C(F)(F)F. The second kappa shape index (κ2) is 11.3. The second-order valence-electron chi connectivity index (χ2n) is 9.12. The van der Waals surface area contributed by atoms with E-state index in [1.807, 2.05) is 12.1 Å². The zero-order chi connectivity index (χ0) is 25.7. The molecule has 0 aliphatic carbocycles. The van der Waals surface area contributed by atoms with Gasteiger partial charge in [0, 0.05) is 11.5 Å². The van der Waals surface area contributed by atoms with Crippen LogP contribution in [-0.4, -0.2) is 19.3 Å². The third-order valence-corrected chi connectivity index (χ3v) is 6.64. The highest BCUT2D eigenvalue weighted by atomic mass is 19.4. The van der Waals surface area contributed by atoms with Gasteiger partial charge in [0.1, 0.15) is 23.7 Å². The summed E-state index contributed by atoms with van der Waals surface area (Å²) in [5.74, 6) is -1.51. The highest BCUT2D eigenvalue weighted by Gasteiger charge is 2.39. The van der Waals surface area contributed by atoms with Crippen molar-refractivity contribution in [3.05, 3.63) is 90.3 Å². The first-order chi connectivity index (χ1) is 17.3. The summed E-state index contributed by atoms with van der Waals surface area (Å²) in [7, 11) is 0. The molecule has 0 aromatic heterocycles. The number of alkyl halides is 3. The molecule has 2 unspecified atom stereocenters. The minimum absolute atomic E-state index is 0.131. The van der Waals surface area contributed by atoms with Crippen molar-refractivity contribution >= 4 is 0 Å². The monoisotopic (exact) mass is 498 g/mol. The van der Waals surface area contributed by atoms with Crippen LogP contribution in [0, 0.1) is 5.82 Å². The Morgan fingerprint density at radius 1 is 0.944 bits per heavy atom. The Balaban J connectivity index is 1.52. The molecule has 6 heteroatoms. The second-order valence-corrected chi connectivity index (χ2v) is 9.12. The lowest BCUT2D eigenvalue weighted by atomic mass is 9.89.